The Kier molecular flexibility index (Phi) is 10.2. The van der Waals surface area contributed by atoms with Gasteiger partial charge in [0.1, 0.15) is 0 Å². The molecule has 0 amide bonds. The molecule has 22 heavy (non-hydrogen) atoms. The average Bonchev–Trinajstić information content (AvgIpc) is 2.56. The molecule has 0 fully saturated rings. The fourth-order valence-corrected chi connectivity index (χ4v) is 1.81. The standard InChI is InChI=1S/C17H25NO4/c1-3-16-6-5-15(13-17(16)4-2)14-21-10-9-19-7-8-20-11-12-22-18/h3-6,13H,1-2,7-12,14,18H2. The minimum Gasteiger partial charge on any atom is -0.377 e. The molecule has 0 bridgehead atoms. The lowest BCUT2D eigenvalue weighted by molar-refractivity contribution is -0.00430. The van der Waals surface area contributed by atoms with Crippen molar-refractivity contribution >= 4 is 12.2 Å². The zero-order chi connectivity index (χ0) is 16.0. The van der Waals surface area contributed by atoms with Crippen LogP contribution in [0.4, 0.5) is 0 Å². The largest absolute Gasteiger partial charge is 0.377 e. The highest BCUT2D eigenvalue weighted by Crippen LogP contribution is 2.15. The zero-order valence-electron chi connectivity index (χ0n) is 13.0. The van der Waals surface area contributed by atoms with Crippen molar-refractivity contribution in [1.82, 2.24) is 0 Å². The first kappa shape index (κ1) is 18.5. The molecule has 0 aliphatic rings. The van der Waals surface area contributed by atoms with Crippen LogP contribution in [0, 0.1) is 0 Å². The van der Waals surface area contributed by atoms with E-state index in [4.69, 9.17) is 20.1 Å². The molecule has 1 aromatic rings. The van der Waals surface area contributed by atoms with Gasteiger partial charge in [-0.25, -0.2) is 5.90 Å². The van der Waals surface area contributed by atoms with Gasteiger partial charge in [-0.05, 0) is 22.8 Å². The third-order valence-electron chi connectivity index (χ3n) is 2.95. The van der Waals surface area contributed by atoms with Gasteiger partial charge in [-0.15, -0.1) is 0 Å². The fourth-order valence-electron chi connectivity index (χ4n) is 1.81. The summed E-state index contributed by atoms with van der Waals surface area (Å²) in [5.41, 5.74) is 3.23. The van der Waals surface area contributed by atoms with E-state index in [1.165, 1.54) is 0 Å². The third-order valence-corrected chi connectivity index (χ3v) is 2.95. The topological polar surface area (TPSA) is 62.9 Å². The van der Waals surface area contributed by atoms with E-state index in [2.05, 4.69) is 24.1 Å². The second-order valence-corrected chi connectivity index (χ2v) is 4.52. The Hall–Kier alpha value is -1.50. The van der Waals surface area contributed by atoms with E-state index in [1.807, 2.05) is 24.3 Å². The van der Waals surface area contributed by atoms with E-state index in [-0.39, 0.29) is 0 Å². The van der Waals surface area contributed by atoms with Crippen LogP contribution in [0.15, 0.2) is 31.4 Å². The highest BCUT2D eigenvalue weighted by atomic mass is 16.6. The first-order chi connectivity index (χ1) is 10.8. The predicted octanol–water partition coefficient (Wildman–Crippen LogP) is 2.41. The number of benzene rings is 1. The molecular formula is C17H25NO4. The van der Waals surface area contributed by atoms with Crippen LogP contribution in [-0.4, -0.2) is 39.6 Å². The van der Waals surface area contributed by atoms with Crippen molar-refractivity contribution in [3.05, 3.63) is 48.0 Å². The molecule has 5 heteroatoms. The summed E-state index contributed by atoms with van der Waals surface area (Å²) in [6.07, 6.45) is 3.64. The lowest BCUT2D eigenvalue weighted by Crippen LogP contribution is -2.13. The SMILES string of the molecule is C=Cc1ccc(COCCOCCOCCON)cc1C=C. The molecule has 0 saturated carbocycles. The van der Waals surface area contributed by atoms with Gasteiger partial charge in [-0.1, -0.05) is 37.4 Å². The van der Waals surface area contributed by atoms with Crippen molar-refractivity contribution in [1.29, 1.82) is 0 Å². The molecule has 0 radical (unpaired) electrons. The quantitative estimate of drug-likeness (QED) is 0.448. The molecule has 0 aliphatic heterocycles. The molecule has 0 aromatic heterocycles. The number of ether oxygens (including phenoxy) is 3. The molecule has 0 spiro atoms. The fraction of sp³-hybridized carbons (Fsp3) is 0.412. The number of hydrogen-bond donors (Lipinski definition) is 1. The molecule has 0 saturated heterocycles. The molecular weight excluding hydrogens is 282 g/mol. The minimum absolute atomic E-state index is 0.389. The van der Waals surface area contributed by atoms with Gasteiger partial charge in [-0.3, -0.25) is 0 Å². The monoisotopic (exact) mass is 307 g/mol. The Morgan fingerprint density at radius 3 is 2.00 bits per heavy atom. The van der Waals surface area contributed by atoms with Crippen LogP contribution in [0.5, 0.6) is 0 Å². The van der Waals surface area contributed by atoms with E-state index < -0.39 is 0 Å². The Morgan fingerprint density at radius 2 is 1.41 bits per heavy atom. The lowest BCUT2D eigenvalue weighted by atomic mass is 10.0. The number of nitrogens with two attached hydrogens (primary N) is 1. The van der Waals surface area contributed by atoms with Gasteiger partial charge in [0.15, 0.2) is 0 Å². The maximum Gasteiger partial charge on any atom is 0.0913 e. The van der Waals surface area contributed by atoms with Crippen molar-refractivity contribution in [2.24, 2.45) is 5.90 Å². The molecule has 1 rings (SSSR count). The van der Waals surface area contributed by atoms with Crippen molar-refractivity contribution < 1.29 is 19.0 Å². The molecule has 0 heterocycles. The summed E-state index contributed by atoms with van der Waals surface area (Å²) >= 11 is 0. The molecule has 5 nitrogen and oxygen atoms in total. The maximum atomic E-state index is 5.58. The summed E-state index contributed by atoms with van der Waals surface area (Å²) in [5, 5.41) is 0. The molecule has 1 aromatic carbocycles. The minimum atomic E-state index is 0.389. The summed E-state index contributed by atoms with van der Waals surface area (Å²) in [6.45, 7) is 11.1. The highest BCUT2D eigenvalue weighted by molar-refractivity contribution is 5.64. The van der Waals surface area contributed by atoms with Gasteiger partial charge < -0.3 is 19.0 Å². The van der Waals surface area contributed by atoms with Crippen molar-refractivity contribution in [3.8, 4) is 0 Å². The van der Waals surface area contributed by atoms with Crippen molar-refractivity contribution in [3.63, 3.8) is 0 Å². The predicted molar refractivity (Wildman–Crippen MR) is 88.1 cm³/mol. The van der Waals surface area contributed by atoms with Gasteiger partial charge >= 0.3 is 0 Å². The smallest absolute Gasteiger partial charge is 0.0913 e. The van der Waals surface area contributed by atoms with Gasteiger partial charge in [0.25, 0.3) is 0 Å². The molecule has 0 atom stereocenters. The van der Waals surface area contributed by atoms with Gasteiger partial charge in [-0.2, -0.15) is 0 Å². The molecule has 2 N–H and O–H groups in total. The van der Waals surface area contributed by atoms with E-state index >= 15 is 0 Å². The average molecular weight is 307 g/mol. The summed E-state index contributed by atoms with van der Waals surface area (Å²) in [5.74, 6) is 4.87. The number of hydrogen-bond acceptors (Lipinski definition) is 5. The van der Waals surface area contributed by atoms with Gasteiger partial charge in [0.2, 0.25) is 0 Å². The summed E-state index contributed by atoms with van der Waals surface area (Å²) < 4.78 is 16.2. The van der Waals surface area contributed by atoms with Gasteiger partial charge in [0, 0.05) is 0 Å². The first-order valence-electron chi connectivity index (χ1n) is 7.24. The van der Waals surface area contributed by atoms with Crippen LogP contribution in [0.25, 0.3) is 12.2 Å². The van der Waals surface area contributed by atoms with Crippen molar-refractivity contribution in [2.75, 3.05) is 39.6 Å². The first-order valence-corrected chi connectivity index (χ1v) is 7.24. The summed E-state index contributed by atoms with van der Waals surface area (Å²) in [4.78, 5) is 4.38. The molecule has 0 unspecified atom stereocenters. The molecule has 122 valence electrons. The summed E-state index contributed by atoms with van der Waals surface area (Å²) in [7, 11) is 0. The Bertz CT molecular complexity index is 448. The Morgan fingerprint density at radius 1 is 0.818 bits per heavy atom. The maximum absolute atomic E-state index is 5.58. The van der Waals surface area contributed by atoms with Crippen LogP contribution in [-0.2, 0) is 25.7 Å². The second-order valence-electron chi connectivity index (χ2n) is 4.52. The van der Waals surface area contributed by atoms with Gasteiger partial charge in [0.05, 0.1) is 46.2 Å². The van der Waals surface area contributed by atoms with E-state index in [0.717, 1.165) is 16.7 Å². The van der Waals surface area contributed by atoms with Crippen LogP contribution in [0.2, 0.25) is 0 Å². The second kappa shape index (κ2) is 12.1. The molecule has 0 aliphatic carbocycles. The zero-order valence-corrected chi connectivity index (χ0v) is 13.0. The van der Waals surface area contributed by atoms with Crippen LogP contribution < -0.4 is 5.90 Å². The highest BCUT2D eigenvalue weighted by Gasteiger charge is 1.99. The lowest BCUT2D eigenvalue weighted by Gasteiger charge is -2.08. The van der Waals surface area contributed by atoms with E-state index in [9.17, 15) is 0 Å². The van der Waals surface area contributed by atoms with Crippen LogP contribution >= 0.6 is 0 Å². The number of rotatable bonds is 13. The Labute approximate surface area is 132 Å². The van der Waals surface area contributed by atoms with Crippen molar-refractivity contribution in [2.45, 2.75) is 6.61 Å². The normalized spacial score (nSPS) is 10.6. The summed E-state index contributed by atoms with van der Waals surface area (Å²) in [6, 6.07) is 6.10. The van der Waals surface area contributed by atoms with E-state index in [1.54, 1.807) is 0 Å². The van der Waals surface area contributed by atoms with Crippen LogP contribution in [0.3, 0.4) is 0 Å². The Balaban J connectivity index is 2.10. The third kappa shape index (κ3) is 7.49. The van der Waals surface area contributed by atoms with Crippen LogP contribution in [0.1, 0.15) is 16.7 Å². The van der Waals surface area contributed by atoms with E-state index in [0.29, 0.717) is 46.2 Å².